The molecule has 0 amide bonds. The second-order valence-electron chi connectivity index (χ2n) is 5.14. The average Bonchev–Trinajstić information content (AvgIpc) is 3.11. The largest absolute Gasteiger partial charge is 0.493 e. The first-order valence-electron chi connectivity index (χ1n) is 7.48. The molecule has 0 aliphatic rings. The van der Waals surface area contributed by atoms with Crippen LogP contribution in [-0.2, 0) is 11.2 Å². The van der Waals surface area contributed by atoms with Gasteiger partial charge >= 0.3 is 5.97 Å². The molecule has 0 aliphatic heterocycles. The number of nitrogens with zero attached hydrogens (tertiary/aromatic N) is 2. The van der Waals surface area contributed by atoms with Crippen LogP contribution >= 0.6 is 11.3 Å². The van der Waals surface area contributed by atoms with E-state index in [4.69, 9.17) is 14.7 Å². The third-order valence-electron chi connectivity index (χ3n) is 3.41. The highest BCUT2D eigenvalue weighted by atomic mass is 32.1. The molecule has 6 heteroatoms. The lowest BCUT2D eigenvalue weighted by molar-refractivity contribution is -0.133. The van der Waals surface area contributed by atoms with Crippen LogP contribution in [0.1, 0.15) is 11.3 Å². The van der Waals surface area contributed by atoms with E-state index in [0.717, 1.165) is 10.6 Å². The number of aromatic nitrogens is 1. The summed E-state index contributed by atoms with van der Waals surface area (Å²) in [6, 6.07) is 16.4. The van der Waals surface area contributed by atoms with Crippen molar-refractivity contribution in [2.24, 2.45) is 0 Å². The van der Waals surface area contributed by atoms with Gasteiger partial charge < -0.3 is 9.47 Å². The van der Waals surface area contributed by atoms with Crippen LogP contribution in [0.2, 0.25) is 0 Å². The number of nitriles is 1. The molecule has 0 N–H and O–H groups in total. The predicted molar refractivity (Wildman–Crippen MR) is 94.6 cm³/mol. The van der Waals surface area contributed by atoms with E-state index in [2.05, 4.69) is 4.98 Å². The molecular weight excluding hydrogens is 336 g/mol. The number of hydrogen-bond acceptors (Lipinski definition) is 6. The van der Waals surface area contributed by atoms with Crippen molar-refractivity contribution in [2.45, 2.75) is 6.42 Å². The summed E-state index contributed by atoms with van der Waals surface area (Å²) in [6.07, 6.45) is 0.0620. The molecule has 0 radical (unpaired) electrons. The summed E-state index contributed by atoms with van der Waals surface area (Å²) in [5.74, 6) is 0.189. The molecule has 5 nitrogen and oxygen atoms in total. The summed E-state index contributed by atoms with van der Waals surface area (Å²) in [4.78, 5) is 16.6. The van der Waals surface area contributed by atoms with Crippen LogP contribution in [-0.4, -0.2) is 18.1 Å². The summed E-state index contributed by atoms with van der Waals surface area (Å²) in [6.45, 7) is 0. The third kappa shape index (κ3) is 4.03. The Morgan fingerprint density at radius 1 is 1.20 bits per heavy atom. The second kappa shape index (κ2) is 7.60. The Morgan fingerprint density at radius 2 is 2.00 bits per heavy atom. The van der Waals surface area contributed by atoms with Gasteiger partial charge in [-0.05, 0) is 12.1 Å². The van der Waals surface area contributed by atoms with E-state index in [-0.39, 0.29) is 12.2 Å². The number of benzene rings is 2. The highest BCUT2D eigenvalue weighted by molar-refractivity contribution is 7.13. The molecule has 1 heterocycles. The van der Waals surface area contributed by atoms with Crippen LogP contribution in [0.5, 0.6) is 11.5 Å². The zero-order valence-electron chi connectivity index (χ0n) is 13.4. The van der Waals surface area contributed by atoms with E-state index in [0.29, 0.717) is 17.0 Å². The molecular formula is C19H14N2O3S. The minimum atomic E-state index is -0.437. The molecule has 3 rings (SSSR count). The van der Waals surface area contributed by atoms with Gasteiger partial charge in [0.2, 0.25) is 0 Å². The molecule has 0 aliphatic carbocycles. The fraction of sp³-hybridized carbons (Fsp3) is 0.105. The van der Waals surface area contributed by atoms with Gasteiger partial charge in [0, 0.05) is 17.0 Å². The molecule has 2 aromatic carbocycles. The van der Waals surface area contributed by atoms with E-state index in [9.17, 15) is 4.79 Å². The van der Waals surface area contributed by atoms with Crippen LogP contribution in [0.25, 0.3) is 10.6 Å². The molecule has 1 aromatic heterocycles. The maximum absolute atomic E-state index is 12.2. The normalized spacial score (nSPS) is 10.1. The topological polar surface area (TPSA) is 72.2 Å². The SMILES string of the molecule is COc1cc(C#N)ccc1OC(=O)Cc1csc(-c2ccccc2)n1. The minimum Gasteiger partial charge on any atom is -0.493 e. The van der Waals surface area contributed by atoms with E-state index in [1.165, 1.54) is 24.5 Å². The van der Waals surface area contributed by atoms with Crippen molar-refractivity contribution in [3.05, 3.63) is 65.2 Å². The van der Waals surface area contributed by atoms with Gasteiger partial charge in [-0.1, -0.05) is 30.3 Å². The average molecular weight is 350 g/mol. The van der Waals surface area contributed by atoms with Gasteiger partial charge in [0.25, 0.3) is 0 Å². The summed E-state index contributed by atoms with van der Waals surface area (Å²) in [5.41, 5.74) is 2.10. The fourth-order valence-electron chi connectivity index (χ4n) is 2.23. The molecule has 25 heavy (non-hydrogen) atoms. The van der Waals surface area contributed by atoms with Crippen molar-refractivity contribution in [1.82, 2.24) is 4.98 Å². The minimum absolute atomic E-state index is 0.0620. The Labute approximate surface area is 149 Å². The number of methoxy groups -OCH3 is 1. The monoisotopic (exact) mass is 350 g/mol. The highest BCUT2D eigenvalue weighted by Crippen LogP contribution is 2.28. The van der Waals surface area contributed by atoms with Crippen LogP contribution in [0.3, 0.4) is 0 Å². The summed E-state index contributed by atoms with van der Waals surface area (Å²) in [7, 11) is 1.46. The molecule has 0 spiro atoms. The molecule has 0 fully saturated rings. The van der Waals surface area contributed by atoms with Crippen LogP contribution in [0.15, 0.2) is 53.9 Å². The van der Waals surface area contributed by atoms with Gasteiger partial charge in [-0.2, -0.15) is 5.26 Å². The Morgan fingerprint density at radius 3 is 2.72 bits per heavy atom. The first-order valence-corrected chi connectivity index (χ1v) is 8.36. The smallest absolute Gasteiger partial charge is 0.317 e. The van der Waals surface area contributed by atoms with E-state index in [1.54, 1.807) is 12.1 Å². The standard InChI is InChI=1S/C19H14N2O3S/c1-23-17-9-13(11-20)7-8-16(17)24-18(22)10-15-12-25-19(21-15)14-5-3-2-4-6-14/h2-9,12H,10H2,1H3. The van der Waals surface area contributed by atoms with E-state index in [1.807, 2.05) is 41.8 Å². The summed E-state index contributed by atoms with van der Waals surface area (Å²) in [5, 5.41) is 11.6. The lowest BCUT2D eigenvalue weighted by Crippen LogP contribution is -2.12. The van der Waals surface area contributed by atoms with Crippen LogP contribution < -0.4 is 9.47 Å². The zero-order valence-corrected chi connectivity index (χ0v) is 14.2. The van der Waals surface area contributed by atoms with Crippen molar-refractivity contribution in [1.29, 1.82) is 5.26 Å². The zero-order chi connectivity index (χ0) is 17.6. The maximum atomic E-state index is 12.2. The Balaban J connectivity index is 1.70. The predicted octanol–water partition coefficient (Wildman–Crippen LogP) is 3.84. The van der Waals surface area contributed by atoms with Gasteiger partial charge in [0.1, 0.15) is 5.01 Å². The van der Waals surface area contributed by atoms with Crippen molar-refractivity contribution < 1.29 is 14.3 Å². The van der Waals surface area contributed by atoms with Crippen LogP contribution in [0.4, 0.5) is 0 Å². The first kappa shape index (κ1) is 16.7. The Hall–Kier alpha value is -3.17. The van der Waals surface area contributed by atoms with E-state index < -0.39 is 5.97 Å². The molecule has 0 bridgehead atoms. The van der Waals surface area contributed by atoms with Crippen molar-refractivity contribution >= 4 is 17.3 Å². The quantitative estimate of drug-likeness (QED) is 0.516. The van der Waals surface area contributed by atoms with Crippen molar-refractivity contribution in [3.8, 4) is 28.1 Å². The fourth-order valence-corrected chi connectivity index (χ4v) is 3.06. The first-order chi connectivity index (χ1) is 12.2. The Bertz CT molecular complexity index is 929. The van der Waals surface area contributed by atoms with Gasteiger partial charge in [0.05, 0.1) is 30.9 Å². The molecule has 0 saturated carbocycles. The van der Waals surface area contributed by atoms with Crippen molar-refractivity contribution in [2.75, 3.05) is 7.11 Å². The summed E-state index contributed by atoms with van der Waals surface area (Å²) >= 11 is 1.48. The lowest BCUT2D eigenvalue weighted by atomic mass is 10.2. The number of rotatable bonds is 5. The number of hydrogen-bond donors (Lipinski definition) is 0. The molecule has 3 aromatic rings. The number of esters is 1. The number of carbonyl (C=O) groups excluding carboxylic acids is 1. The van der Waals surface area contributed by atoms with Gasteiger partial charge in [0.15, 0.2) is 11.5 Å². The molecule has 0 saturated heterocycles. The molecule has 124 valence electrons. The van der Waals surface area contributed by atoms with Crippen molar-refractivity contribution in [3.63, 3.8) is 0 Å². The van der Waals surface area contributed by atoms with E-state index >= 15 is 0 Å². The lowest BCUT2D eigenvalue weighted by Gasteiger charge is -2.08. The van der Waals surface area contributed by atoms with Crippen LogP contribution in [0, 0.1) is 11.3 Å². The van der Waals surface area contributed by atoms with Gasteiger partial charge in [-0.25, -0.2) is 4.98 Å². The van der Waals surface area contributed by atoms with Gasteiger partial charge in [-0.3, -0.25) is 4.79 Å². The third-order valence-corrected chi connectivity index (χ3v) is 4.35. The molecule has 0 unspecified atom stereocenters. The second-order valence-corrected chi connectivity index (χ2v) is 6.00. The number of carbonyl (C=O) groups is 1. The highest BCUT2D eigenvalue weighted by Gasteiger charge is 2.14. The molecule has 0 atom stereocenters. The Kier molecular flexibility index (Phi) is 5.07. The van der Waals surface area contributed by atoms with Gasteiger partial charge in [-0.15, -0.1) is 11.3 Å². The summed E-state index contributed by atoms with van der Waals surface area (Å²) < 4.78 is 10.5. The number of ether oxygens (including phenoxy) is 2. The maximum Gasteiger partial charge on any atom is 0.317 e. The number of thiazole rings is 1.